The van der Waals surface area contributed by atoms with Gasteiger partial charge in [0.25, 0.3) is 5.91 Å². The van der Waals surface area contributed by atoms with Crippen LogP contribution in [-0.4, -0.2) is 35.5 Å². The van der Waals surface area contributed by atoms with Gasteiger partial charge in [0.2, 0.25) is 0 Å². The zero-order valence-corrected chi connectivity index (χ0v) is 21.7. The number of alkyl halides is 3. The van der Waals surface area contributed by atoms with Gasteiger partial charge in [0.1, 0.15) is 23.9 Å². The number of nitrogens with one attached hydrogen (secondary N) is 1. The summed E-state index contributed by atoms with van der Waals surface area (Å²) >= 11 is 0. The number of benzene rings is 4. The van der Waals surface area contributed by atoms with Crippen LogP contribution in [-0.2, 0) is 22.7 Å². The van der Waals surface area contributed by atoms with Crippen molar-refractivity contribution in [2.24, 2.45) is 0 Å². The SMILES string of the molecule is CC(OCc1ccccc1)C(NC(=O)c1ccc2cc(F)ccc2c1OCc1ccc(OC(F)(F)F)cc1)C(=O)O. The van der Waals surface area contributed by atoms with E-state index in [1.54, 1.807) is 0 Å². The van der Waals surface area contributed by atoms with Crippen LogP contribution in [0.2, 0.25) is 0 Å². The van der Waals surface area contributed by atoms with Gasteiger partial charge in [-0.1, -0.05) is 48.5 Å². The number of rotatable bonds is 11. The summed E-state index contributed by atoms with van der Waals surface area (Å²) in [6.07, 6.45) is -5.75. The molecule has 2 N–H and O–H groups in total. The molecule has 1 amide bonds. The Morgan fingerprint density at radius 1 is 0.902 bits per heavy atom. The Morgan fingerprint density at radius 3 is 2.24 bits per heavy atom. The first-order valence-corrected chi connectivity index (χ1v) is 12.4. The van der Waals surface area contributed by atoms with Gasteiger partial charge < -0.3 is 24.6 Å². The van der Waals surface area contributed by atoms with Gasteiger partial charge in [0.05, 0.1) is 18.3 Å². The molecule has 41 heavy (non-hydrogen) atoms. The number of ether oxygens (including phenoxy) is 3. The summed E-state index contributed by atoms with van der Waals surface area (Å²) in [7, 11) is 0. The molecule has 0 heterocycles. The molecule has 0 saturated heterocycles. The number of carbonyl (C=O) groups is 2. The van der Waals surface area contributed by atoms with E-state index in [4.69, 9.17) is 9.47 Å². The number of halogens is 4. The van der Waals surface area contributed by atoms with Crippen LogP contribution in [0.1, 0.15) is 28.4 Å². The molecule has 0 spiro atoms. The van der Waals surface area contributed by atoms with Crippen LogP contribution in [0.4, 0.5) is 17.6 Å². The third-order valence-electron chi connectivity index (χ3n) is 6.09. The van der Waals surface area contributed by atoms with Crippen molar-refractivity contribution in [2.75, 3.05) is 0 Å². The molecular formula is C30H25F4NO6. The van der Waals surface area contributed by atoms with Gasteiger partial charge in [-0.25, -0.2) is 9.18 Å². The van der Waals surface area contributed by atoms with Crippen LogP contribution < -0.4 is 14.8 Å². The molecule has 214 valence electrons. The smallest absolute Gasteiger partial charge is 0.487 e. The van der Waals surface area contributed by atoms with Crippen LogP contribution in [0.5, 0.6) is 11.5 Å². The van der Waals surface area contributed by atoms with Crippen LogP contribution >= 0.6 is 0 Å². The molecule has 0 radical (unpaired) electrons. The summed E-state index contributed by atoms with van der Waals surface area (Å²) in [5, 5.41) is 13.1. The Balaban J connectivity index is 1.55. The van der Waals surface area contributed by atoms with E-state index in [0.717, 1.165) is 17.7 Å². The number of carboxylic acid groups (broad SMARTS) is 1. The molecule has 7 nitrogen and oxygen atoms in total. The van der Waals surface area contributed by atoms with Crippen molar-refractivity contribution in [3.05, 3.63) is 107 Å². The van der Waals surface area contributed by atoms with Crippen LogP contribution in [0.15, 0.2) is 84.9 Å². The molecule has 4 aromatic rings. The van der Waals surface area contributed by atoms with E-state index in [9.17, 15) is 32.3 Å². The summed E-state index contributed by atoms with van der Waals surface area (Å²) in [4.78, 5) is 25.4. The van der Waals surface area contributed by atoms with E-state index in [2.05, 4.69) is 10.1 Å². The maximum Gasteiger partial charge on any atom is 0.573 e. The third kappa shape index (κ3) is 7.95. The summed E-state index contributed by atoms with van der Waals surface area (Å²) in [5.74, 6) is -2.98. The van der Waals surface area contributed by atoms with E-state index in [-0.39, 0.29) is 24.5 Å². The van der Waals surface area contributed by atoms with Crippen molar-refractivity contribution >= 4 is 22.6 Å². The van der Waals surface area contributed by atoms with Crippen molar-refractivity contribution in [1.29, 1.82) is 0 Å². The van der Waals surface area contributed by atoms with Crippen molar-refractivity contribution in [2.45, 2.75) is 38.6 Å². The normalized spacial score (nSPS) is 12.9. The topological polar surface area (TPSA) is 94.1 Å². The first-order valence-electron chi connectivity index (χ1n) is 12.4. The number of carbonyl (C=O) groups excluding carboxylic acids is 1. The first kappa shape index (κ1) is 29.3. The first-order chi connectivity index (χ1) is 19.5. The number of hydrogen-bond donors (Lipinski definition) is 2. The number of aliphatic carboxylic acids is 1. The molecule has 0 bridgehead atoms. The van der Waals surface area contributed by atoms with Crippen molar-refractivity contribution in [3.8, 4) is 11.5 Å². The lowest BCUT2D eigenvalue weighted by Crippen LogP contribution is -2.48. The summed E-state index contributed by atoms with van der Waals surface area (Å²) in [6, 6.07) is 19.4. The second kappa shape index (κ2) is 12.7. The lowest BCUT2D eigenvalue weighted by Gasteiger charge is -2.23. The van der Waals surface area contributed by atoms with Crippen LogP contribution in [0, 0.1) is 5.82 Å². The summed E-state index contributed by atoms with van der Waals surface area (Å²) in [6.45, 7) is 1.49. The van der Waals surface area contributed by atoms with E-state index in [1.807, 2.05) is 30.3 Å². The lowest BCUT2D eigenvalue weighted by molar-refractivity contribution is -0.274. The van der Waals surface area contributed by atoms with Crippen LogP contribution in [0.25, 0.3) is 10.8 Å². The Labute approximate surface area is 232 Å². The molecule has 0 fully saturated rings. The highest BCUT2D eigenvalue weighted by Crippen LogP contribution is 2.32. The minimum atomic E-state index is -4.84. The van der Waals surface area contributed by atoms with Crippen molar-refractivity contribution < 1.29 is 46.5 Å². The standard InChI is InChI=1S/C30H25F4NO6/c1-18(39-16-19-5-3-2-4-6-19)26(29(37)38)35-28(36)25-13-9-21-15-22(31)10-14-24(21)27(25)40-17-20-7-11-23(12-8-20)41-30(32,33)34/h2-15,18,26H,16-17H2,1H3,(H,35,36)(H,37,38). The zero-order valence-electron chi connectivity index (χ0n) is 21.7. The van der Waals surface area contributed by atoms with Gasteiger partial charge in [-0.3, -0.25) is 4.79 Å². The number of fused-ring (bicyclic) bond motifs is 1. The highest BCUT2D eigenvalue weighted by molar-refractivity contribution is 6.05. The highest BCUT2D eigenvalue weighted by atomic mass is 19.4. The Hall–Kier alpha value is -4.64. The summed E-state index contributed by atoms with van der Waals surface area (Å²) in [5.41, 5.74) is 1.25. The molecule has 2 atom stereocenters. The fourth-order valence-electron chi connectivity index (χ4n) is 4.05. The molecule has 4 rings (SSSR count). The molecule has 4 aromatic carbocycles. The second-order valence-electron chi connectivity index (χ2n) is 9.08. The summed E-state index contributed by atoms with van der Waals surface area (Å²) < 4.78 is 66.8. The number of amides is 1. The largest absolute Gasteiger partial charge is 0.573 e. The Bertz CT molecular complexity index is 1510. The van der Waals surface area contributed by atoms with Gasteiger partial charge in [-0.2, -0.15) is 0 Å². The van der Waals surface area contributed by atoms with E-state index in [1.165, 1.54) is 49.4 Å². The molecule has 0 aliphatic heterocycles. The minimum Gasteiger partial charge on any atom is -0.487 e. The van der Waals surface area contributed by atoms with E-state index >= 15 is 0 Å². The monoisotopic (exact) mass is 571 g/mol. The van der Waals surface area contributed by atoms with Crippen molar-refractivity contribution in [3.63, 3.8) is 0 Å². The predicted molar refractivity (Wildman–Crippen MR) is 141 cm³/mol. The molecule has 0 aromatic heterocycles. The molecule has 0 aliphatic carbocycles. The average molecular weight is 572 g/mol. The van der Waals surface area contributed by atoms with Crippen molar-refractivity contribution in [1.82, 2.24) is 5.32 Å². The second-order valence-corrected chi connectivity index (χ2v) is 9.08. The van der Waals surface area contributed by atoms with E-state index in [0.29, 0.717) is 16.3 Å². The average Bonchev–Trinajstić information content (AvgIpc) is 2.93. The van der Waals surface area contributed by atoms with Crippen LogP contribution in [0.3, 0.4) is 0 Å². The molecular weight excluding hydrogens is 546 g/mol. The third-order valence-corrected chi connectivity index (χ3v) is 6.09. The maximum absolute atomic E-state index is 13.9. The molecule has 11 heteroatoms. The highest BCUT2D eigenvalue weighted by Gasteiger charge is 2.31. The number of carboxylic acids is 1. The van der Waals surface area contributed by atoms with Gasteiger partial charge in [0, 0.05) is 5.39 Å². The van der Waals surface area contributed by atoms with Gasteiger partial charge >= 0.3 is 12.3 Å². The quantitative estimate of drug-likeness (QED) is 0.207. The maximum atomic E-state index is 13.9. The van der Waals surface area contributed by atoms with Gasteiger partial charge in [-0.05, 0) is 59.8 Å². The molecule has 0 aliphatic rings. The molecule has 0 saturated carbocycles. The fraction of sp³-hybridized carbons (Fsp3) is 0.200. The predicted octanol–water partition coefficient (Wildman–Crippen LogP) is 6.24. The zero-order chi connectivity index (χ0) is 29.6. The van der Waals surface area contributed by atoms with Gasteiger partial charge in [0.15, 0.2) is 6.04 Å². The molecule has 2 unspecified atom stereocenters. The Morgan fingerprint density at radius 2 is 1.59 bits per heavy atom. The Kier molecular flexibility index (Phi) is 9.08. The van der Waals surface area contributed by atoms with E-state index < -0.39 is 42.0 Å². The fourth-order valence-corrected chi connectivity index (χ4v) is 4.05. The number of hydrogen-bond acceptors (Lipinski definition) is 5. The minimum absolute atomic E-state index is 0.0253. The lowest BCUT2D eigenvalue weighted by atomic mass is 10.0. The van der Waals surface area contributed by atoms with Gasteiger partial charge in [-0.15, -0.1) is 13.2 Å².